The number of methoxy groups -OCH3 is 1. The second kappa shape index (κ2) is 9.51. The number of aromatic nitrogens is 1. The van der Waals surface area contributed by atoms with Gasteiger partial charge >= 0.3 is 11.9 Å². The number of carbonyl (C=O) groups is 4. The Morgan fingerprint density at radius 1 is 0.971 bits per heavy atom. The average Bonchev–Trinajstić information content (AvgIpc) is 3.27. The quantitative estimate of drug-likeness (QED) is 0.376. The summed E-state index contributed by atoms with van der Waals surface area (Å²) in [5.74, 6) is -2.36. The van der Waals surface area contributed by atoms with E-state index < -0.39 is 17.9 Å². The van der Waals surface area contributed by atoms with Gasteiger partial charge in [0.1, 0.15) is 5.69 Å². The minimum absolute atomic E-state index is 0.0611. The number of ether oxygens (including phenoxy) is 2. The molecule has 0 radical (unpaired) electrons. The van der Waals surface area contributed by atoms with Crippen LogP contribution in [0.4, 0.5) is 0 Å². The Morgan fingerprint density at radius 3 is 2.21 bits per heavy atom. The normalized spacial score (nSPS) is 13.8. The Bertz CT molecular complexity index is 1260. The Labute approximate surface area is 197 Å². The monoisotopic (exact) mass is 462 g/mol. The fraction of sp³-hybridized carbons (Fsp3) is 0.308. The van der Waals surface area contributed by atoms with Crippen molar-refractivity contribution in [3.8, 4) is 0 Å². The van der Waals surface area contributed by atoms with E-state index in [1.165, 1.54) is 7.11 Å². The van der Waals surface area contributed by atoms with Gasteiger partial charge in [-0.1, -0.05) is 30.3 Å². The van der Waals surface area contributed by atoms with Crippen molar-refractivity contribution < 1.29 is 28.7 Å². The number of aryl methyl sites for hydroxylation is 1. The molecule has 2 amide bonds. The number of rotatable bonds is 8. The lowest BCUT2D eigenvalue weighted by Crippen LogP contribution is -2.33. The summed E-state index contributed by atoms with van der Waals surface area (Å²) >= 11 is 0. The molecule has 0 saturated carbocycles. The smallest absolute Gasteiger partial charge is 0.355 e. The van der Waals surface area contributed by atoms with Crippen LogP contribution in [0.5, 0.6) is 0 Å². The van der Waals surface area contributed by atoms with Gasteiger partial charge in [0.25, 0.3) is 11.8 Å². The largest absolute Gasteiger partial charge is 0.469 e. The maximum absolute atomic E-state index is 12.8. The van der Waals surface area contributed by atoms with E-state index in [0.717, 1.165) is 15.8 Å². The first-order valence-electron chi connectivity index (χ1n) is 11.2. The molecule has 0 spiro atoms. The molecule has 8 heteroatoms. The predicted molar refractivity (Wildman–Crippen MR) is 125 cm³/mol. The molecule has 2 aromatic carbocycles. The van der Waals surface area contributed by atoms with Crippen molar-refractivity contribution in [2.24, 2.45) is 13.0 Å². The third-order valence-corrected chi connectivity index (χ3v) is 6.24. The van der Waals surface area contributed by atoms with Crippen LogP contribution < -0.4 is 0 Å². The lowest BCUT2D eigenvalue weighted by Gasteiger charge is -2.19. The summed E-state index contributed by atoms with van der Waals surface area (Å²) in [6.45, 7) is 2.02. The third-order valence-electron chi connectivity index (χ3n) is 6.24. The summed E-state index contributed by atoms with van der Waals surface area (Å²) in [4.78, 5) is 52.2. The first kappa shape index (κ1) is 23.2. The summed E-state index contributed by atoms with van der Waals surface area (Å²) in [7, 11) is 3.08. The van der Waals surface area contributed by atoms with E-state index in [2.05, 4.69) is 0 Å². The zero-order valence-corrected chi connectivity index (χ0v) is 19.4. The van der Waals surface area contributed by atoms with Gasteiger partial charge in [0, 0.05) is 24.5 Å². The van der Waals surface area contributed by atoms with Crippen LogP contribution in [-0.2, 0) is 27.7 Å². The van der Waals surface area contributed by atoms with E-state index in [1.54, 1.807) is 42.8 Å². The van der Waals surface area contributed by atoms with Gasteiger partial charge in [0.05, 0.1) is 30.8 Å². The topological polar surface area (TPSA) is 94.9 Å². The van der Waals surface area contributed by atoms with Gasteiger partial charge in [-0.15, -0.1) is 0 Å². The number of para-hydroxylation sites is 1. The molecule has 1 aliphatic rings. The van der Waals surface area contributed by atoms with Crippen LogP contribution in [0.2, 0.25) is 0 Å². The van der Waals surface area contributed by atoms with Crippen LogP contribution >= 0.6 is 0 Å². The number of hydrogen-bond acceptors (Lipinski definition) is 6. The highest BCUT2D eigenvalue weighted by Crippen LogP contribution is 2.30. The van der Waals surface area contributed by atoms with Crippen molar-refractivity contribution in [2.75, 3.05) is 20.3 Å². The summed E-state index contributed by atoms with van der Waals surface area (Å²) < 4.78 is 12.1. The molecule has 0 saturated heterocycles. The average molecular weight is 463 g/mol. The molecule has 1 aromatic heterocycles. The Kier molecular flexibility index (Phi) is 6.49. The summed E-state index contributed by atoms with van der Waals surface area (Å²) in [5.41, 5.74) is 2.61. The van der Waals surface area contributed by atoms with Crippen molar-refractivity contribution >= 4 is 34.7 Å². The van der Waals surface area contributed by atoms with E-state index in [1.807, 2.05) is 24.3 Å². The maximum Gasteiger partial charge on any atom is 0.355 e. The van der Waals surface area contributed by atoms with Crippen LogP contribution in [0.25, 0.3) is 10.9 Å². The molecule has 3 aromatic rings. The van der Waals surface area contributed by atoms with Gasteiger partial charge < -0.3 is 14.0 Å². The number of nitrogens with zero attached hydrogens (tertiary/aromatic N) is 2. The van der Waals surface area contributed by atoms with E-state index in [0.29, 0.717) is 22.4 Å². The molecule has 1 atom stereocenters. The maximum atomic E-state index is 12.8. The fourth-order valence-electron chi connectivity index (χ4n) is 4.58. The molecule has 8 nitrogen and oxygen atoms in total. The summed E-state index contributed by atoms with van der Waals surface area (Å²) in [6.07, 6.45) is 0.398. The van der Waals surface area contributed by atoms with Gasteiger partial charge in [-0.3, -0.25) is 19.3 Å². The number of fused-ring (bicyclic) bond motifs is 2. The van der Waals surface area contributed by atoms with Crippen molar-refractivity contribution in [1.29, 1.82) is 0 Å². The Balaban J connectivity index is 1.64. The number of hydrogen-bond donors (Lipinski definition) is 0. The molecular weight excluding hydrogens is 436 g/mol. The number of benzene rings is 2. The molecule has 0 N–H and O–H groups in total. The first-order valence-corrected chi connectivity index (χ1v) is 11.2. The molecule has 0 bridgehead atoms. The van der Waals surface area contributed by atoms with Gasteiger partial charge in [-0.25, -0.2) is 4.79 Å². The standard InChI is InChI=1S/C26H26N2O6/c1-4-34-26(32)22-20(17-9-7-8-12-21(17)27(22)2)15-16(25(31)33-3)13-14-28-23(29)18-10-5-6-11-19(18)24(28)30/h5-12,16H,4,13-15H2,1-3H3. The van der Waals surface area contributed by atoms with Crippen LogP contribution in [0.3, 0.4) is 0 Å². The summed E-state index contributed by atoms with van der Waals surface area (Å²) in [5, 5.41) is 0.836. The molecule has 176 valence electrons. The van der Waals surface area contributed by atoms with E-state index in [-0.39, 0.29) is 37.8 Å². The van der Waals surface area contributed by atoms with E-state index >= 15 is 0 Å². The SMILES string of the molecule is CCOC(=O)c1c(CC(CCN2C(=O)c3ccccc3C2=O)C(=O)OC)c2ccccc2n1C. The number of esters is 2. The van der Waals surface area contributed by atoms with Crippen LogP contribution in [0.15, 0.2) is 48.5 Å². The van der Waals surface area contributed by atoms with Crippen LogP contribution in [-0.4, -0.2) is 53.5 Å². The number of carbonyl (C=O) groups excluding carboxylic acids is 4. The highest BCUT2D eigenvalue weighted by Gasteiger charge is 2.36. The second-order valence-electron chi connectivity index (χ2n) is 8.14. The van der Waals surface area contributed by atoms with Gasteiger partial charge in [-0.2, -0.15) is 0 Å². The number of amides is 2. The van der Waals surface area contributed by atoms with E-state index in [9.17, 15) is 19.2 Å². The molecule has 0 fully saturated rings. The predicted octanol–water partition coefficient (Wildman–Crippen LogP) is 3.37. The van der Waals surface area contributed by atoms with Crippen molar-refractivity contribution in [2.45, 2.75) is 19.8 Å². The first-order chi connectivity index (χ1) is 16.4. The number of imide groups is 1. The molecule has 34 heavy (non-hydrogen) atoms. The zero-order chi connectivity index (χ0) is 24.4. The molecule has 1 aliphatic heterocycles. The molecule has 4 rings (SSSR count). The molecular formula is C26H26N2O6. The Morgan fingerprint density at radius 2 is 1.59 bits per heavy atom. The molecule has 1 unspecified atom stereocenters. The van der Waals surface area contributed by atoms with Gasteiger partial charge in [0.2, 0.25) is 0 Å². The van der Waals surface area contributed by atoms with Crippen molar-refractivity contribution in [3.63, 3.8) is 0 Å². The highest BCUT2D eigenvalue weighted by molar-refractivity contribution is 6.21. The van der Waals surface area contributed by atoms with Crippen LogP contribution in [0, 0.1) is 5.92 Å². The summed E-state index contributed by atoms with van der Waals surface area (Å²) in [6, 6.07) is 14.2. The Hall–Kier alpha value is -3.94. The lowest BCUT2D eigenvalue weighted by atomic mass is 9.94. The minimum atomic E-state index is -0.673. The lowest BCUT2D eigenvalue weighted by molar-refractivity contribution is -0.145. The second-order valence-corrected chi connectivity index (χ2v) is 8.14. The van der Waals surface area contributed by atoms with Crippen LogP contribution in [0.1, 0.15) is 50.1 Å². The molecule has 0 aliphatic carbocycles. The fourth-order valence-corrected chi connectivity index (χ4v) is 4.58. The zero-order valence-electron chi connectivity index (χ0n) is 19.4. The van der Waals surface area contributed by atoms with Gasteiger partial charge in [0.15, 0.2) is 0 Å². The third kappa shape index (κ3) is 3.96. The molecule has 2 heterocycles. The minimum Gasteiger partial charge on any atom is -0.469 e. The highest BCUT2D eigenvalue weighted by atomic mass is 16.5. The van der Waals surface area contributed by atoms with Crippen molar-refractivity contribution in [3.05, 3.63) is 70.9 Å². The van der Waals surface area contributed by atoms with Crippen molar-refractivity contribution in [1.82, 2.24) is 9.47 Å². The van der Waals surface area contributed by atoms with E-state index in [4.69, 9.17) is 9.47 Å². The van der Waals surface area contributed by atoms with Gasteiger partial charge in [-0.05, 0) is 43.5 Å².